The zero-order valence-electron chi connectivity index (χ0n) is 28.2. The molecule has 0 bridgehead atoms. The number of methoxy groups -OCH3 is 1. The van der Waals surface area contributed by atoms with E-state index in [4.69, 9.17) is 4.74 Å². The van der Waals surface area contributed by atoms with Crippen molar-refractivity contribution in [3.8, 4) is 5.75 Å². The average Bonchev–Trinajstić information content (AvgIpc) is 3.51. The van der Waals surface area contributed by atoms with Crippen molar-refractivity contribution in [3.63, 3.8) is 0 Å². The van der Waals surface area contributed by atoms with Crippen molar-refractivity contribution in [1.82, 2.24) is 0 Å². The Balaban J connectivity index is 1.00. The second-order valence-electron chi connectivity index (χ2n) is 12.4. The number of thiazole rings is 1. The van der Waals surface area contributed by atoms with Crippen LogP contribution in [0.15, 0.2) is 113 Å². The first-order valence-electron chi connectivity index (χ1n) is 15.8. The van der Waals surface area contributed by atoms with Crippen LogP contribution < -0.4 is 24.4 Å². The Kier molecular flexibility index (Phi) is 9.09. The van der Waals surface area contributed by atoms with Crippen molar-refractivity contribution in [2.45, 2.75) is 19.3 Å². The maximum Gasteiger partial charge on any atom is 0.409 e. The van der Waals surface area contributed by atoms with E-state index in [2.05, 4.69) is 136 Å². The van der Waals surface area contributed by atoms with Crippen molar-refractivity contribution in [2.75, 3.05) is 56.5 Å². The maximum atomic E-state index is 5.36. The monoisotopic (exact) mass is 645 g/mol. The van der Waals surface area contributed by atoms with Crippen LogP contribution in [0.25, 0.3) is 10.2 Å². The standard InChI is InChI=1S/C38H42N7OS/c1-38(2)32-10-8-9-11-33(32)44(5)36(38)22-23-39-27-12-16-29(17-13-27)42(3)24-25-43(4)30-18-14-28(15-19-30)40-41-37-45(6)34-21-20-31(46-7)26-35(34)47-37/h8-23,26H,24-25H2,1-7H3/q+1/p+1. The van der Waals surface area contributed by atoms with Gasteiger partial charge in [-0.2, -0.15) is 4.58 Å². The first-order chi connectivity index (χ1) is 22.7. The van der Waals surface area contributed by atoms with Gasteiger partial charge in [-0.3, -0.25) is 0 Å². The van der Waals surface area contributed by atoms with Crippen molar-refractivity contribution in [1.29, 1.82) is 0 Å². The number of ether oxygens (including phenoxy) is 1. The summed E-state index contributed by atoms with van der Waals surface area (Å²) in [6.07, 6.45) is 4.23. The van der Waals surface area contributed by atoms with Crippen LogP contribution in [-0.4, -0.2) is 51.6 Å². The minimum absolute atomic E-state index is 0.0369. The summed E-state index contributed by atoms with van der Waals surface area (Å²) in [6.45, 7) is 6.33. The number of hydrogen-bond acceptors (Lipinski definition) is 7. The van der Waals surface area contributed by atoms with Gasteiger partial charge in [-0.1, -0.05) is 18.2 Å². The highest BCUT2D eigenvalue weighted by Crippen LogP contribution is 2.39. The van der Waals surface area contributed by atoms with E-state index in [0.717, 1.165) is 51.2 Å². The molecule has 1 aliphatic rings. The van der Waals surface area contributed by atoms with Crippen LogP contribution in [0.2, 0.25) is 0 Å². The Hall–Kier alpha value is -5.02. The number of anilines is 3. The Morgan fingerprint density at radius 3 is 2.17 bits per heavy atom. The highest BCUT2D eigenvalue weighted by atomic mass is 32.1. The molecule has 0 radical (unpaired) electrons. The number of nitrogens with one attached hydrogen (secondary N) is 1. The van der Waals surface area contributed by atoms with Crippen LogP contribution >= 0.6 is 11.3 Å². The summed E-state index contributed by atoms with van der Waals surface area (Å²) in [5, 5.41) is 13.3. The summed E-state index contributed by atoms with van der Waals surface area (Å²) >= 11 is 1.60. The molecule has 0 unspecified atom stereocenters. The zero-order valence-corrected chi connectivity index (χ0v) is 29.0. The molecule has 1 aliphatic heterocycles. The number of nitrogens with zero attached hydrogens (tertiary/aromatic N) is 6. The second kappa shape index (κ2) is 13.4. The van der Waals surface area contributed by atoms with Gasteiger partial charge in [0.15, 0.2) is 5.71 Å². The molecule has 2 heterocycles. The molecule has 1 N–H and O–H groups in total. The number of azo groups is 1. The van der Waals surface area contributed by atoms with E-state index in [1.807, 2.05) is 43.6 Å². The van der Waals surface area contributed by atoms with Crippen molar-refractivity contribution in [2.24, 2.45) is 17.3 Å². The number of hydrogen-bond donors (Lipinski definition) is 1. The Bertz CT molecular complexity index is 1970. The fraction of sp³-hybridized carbons (Fsp3) is 0.263. The van der Waals surface area contributed by atoms with Gasteiger partial charge < -0.3 is 19.9 Å². The van der Waals surface area contributed by atoms with Crippen molar-refractivity contribution >= 4 is 60.8 Å². The van der Waals surface area contributed by atoms with E-state index in [0.29, 0.717) is 0 Å². The van der Waals surface area contributed by atoms with Crippen LogP contribution in [0.3, 0.4) is 0 Å². The summed E-state index contributed by atoms with van der Waals surface area (Å²) in [5.74, 6) is 0.839. The Morgan fingerprint density at radius 1 is 0.851 bits per heavy atom. The number of fused-ring (bicyclic) bond motifs is 2. The lowest BCUT2D eigenvalue weighted by Crippen LogP contribution is -2.30. The SMILES string of the molecule is COc1ccc2c(c1)sc(N=Nc1ccc(N(C)CCN(C)c3ccc(NC=CC4=[N+](C)c5ccccc5C4(C)C)cc3)cc1)[n+]2C. The lowest BCUT2D eigenvalue weighted by atomic mass is 9.81. The van der Waals surface area contributed by atoms with Gasteiger partial charge in [0.05, 0.1) is 29.4 Å². The largest absolute Gasteiger partial charge is 0.497 e. The van der Waals surface area contributed by atoms with Crippen LogP contribution in [0.5, 0.6) is 5.75 Å². The molecule has 0 aliphatic carbocycles. The highest BCUT2D eigenvalue weighted by molar-refractivity contribution is 7.21. The van der Waals surface area contributed by atoms with Gasteiger partial charge >= 0.3 is 5.13 Å². The van der Waals surface area contributed by atoms with Crippen LogP contribution in [0.1, 0.15) is 19.4 Å². The van der Waals surface area contributed by atoms with E-state index in [-0.39, 0.29) is 5.41 Å². The second-order valence-corrected chi connectivity index (χ2v) is 13.5. The third-order valence-corrected chi connectivity index (χ3v) is 10.2. The fourth-order valence-corrected chi connectivity index (χ4v) is 7.10. The van der Waals surface area contributed by atoms with Gasteiger partial charge in [-0.25, -0.2) is 4.57 Å². The zero-order chi connectivity index (χ0) is 33.1. The predicted octanol–water partition coefficient (Wildman–Crippen LogP) is 8.35. The number of allylic oxidation sites excluding steroid dienone is 1. The van der Waals surface area contributed by atoms with Gasteiger partial charge in [-0.15, -0.1) is 0 Å². The van der Waals surface area contributed by atoms with Gasteiger partial charge in [0.1, 0.15) is 24.0 Å². The minimum atomic E-state index is -0.0369. The molecule has 8 nitrogen and oxygen atoms in total. The third-order valence-electron chi connectivity index (χ3n) is 9.07. The van der Waals surface area contributed by atoms with Gasteiger partial charge in [-0.05, 0) is 91.0 Å². The molecule has 0 amide bonds. The molecule has 6 rings (SSSR count). The topological polar surface area (TPSA) is 59.4 Å². The number of rotatable bonds is 11. The summed E-state index contributed by atoms with van der Waals surface area (Å²) < 4.78 is 10.8. The molecule has 4 aromatic carbocycles. The molecule has 0 fully saturated rings. The Morgan fingerprint density at radius 2 is 1.51 bits per heavy atom. The Labute approximate surface area is 281 Å². The van der Waals surface area contributed by atoms with E-state index >= 15 is 0 Å². The lowest BCUT2D eigenvalue weighted by Gasteiger charge is -2.25. The van der Waals surface area contributed by atoms with E-state index in [9.17, 15) is 0 Å². The molecular weight excluding hydrogens is 603 g/mol. The molecule has 0 spiro atoms. The number of aryl methyl sites for hydroxylation is 1. The molecule has 1 aromatic heterocycles. The molecule has 0 saturated heterocycles. The molecule has 240 valence electrons. The number of likely N-dealkylation sites (N-methyl/N-ethyl adjacent to an activating group) is 2. The lowest BCUT2D eigenvalue weighted by molar-refractivity contribution is -0.627. The van der Waals surface area contributed by atoms with Crippen LogP contribution in [-0.2, 0) is 12.5 Å². The summed E-state index contributed by atoms with van der Waals surface area (Å²) in [6, 6.07) is 31.5. The maximum absolute atomic E-state index is 5.36. The van der Waals surface area contributed by atoms with E-state index in [1.165, 1.54) is 22.6 Å². The summed E-state index contributed by atoms with van der Waals surface area (Å²) in [7, 11) is 10.1. The number of aromatic nitrogens is 1. The normalized spacial score (nSPS) is 13.9. The van der Waals surface area contributed by atoms with Gasteiger partial charge in [0, 0.05) is 74.2 Å². The smallest absolute Gasteiger partial charge is 0.409 e. The van der Waals surface area contributed by atoms with Gasteiger partial charge in [0.25, 0.3) is 0 Å². The first kappa shape index (κ1) is 31.9. The predicted molar refractivity (Wildman–Crippen MR) is 196 cm³/mol. The van der Waals surface area contributed by atoms with Crippen molar-refractivity contribution in [3.05, 3.63) is 109 Å². The summed E-state index contributed by atoms with van der Waals surface area (Å²) in [5.41, 5.74) is 9.17. The molecule has 9 heteroatoms. The number of para-hydroxylation sites is 1. The van der Waals surface area contributed by atoms with E-state index in [1.54, 1.807) is 18.4 Å². The molecule has 0 atom stereocenters. The third kappa shape index (κ3) is 6.62. The molecule has 5 aromatic rings. The summed E-state index contributed by atoms with van der Waals surface area (Å²) in [4.78, 5) is 4.54. The quantitative estimate of drug-likeness (QED) is 0.116. The molecule has 47 heavy (non-hydrogen) atoms. The average molecular weight is 646 g/mol. The minimum Gasteiger partial charge on any atom is -0.497 e. The number of benzene rings is 4. The fourth-order valence-electron chi connectivity index (χ4n) is 6.10. The molecule has 0 saturated carbocycles. The van der Waals surface area contributed by atoms with E-state index < -0.39 is 0 Å². The highest BCUT2D eigenvalue weighted by Gasteiger charge is 2.42. The van der Waals surface area contributed by atoms with Gasteiger partial charge in [0.2, 0.25) is 5.69 Å². The molecular formula is C38H43N7OS+2. The van der Waals surface area contributed by atoms with Crippen LogP contribution in [0.4, 0.5) is 33.6 Å². The van der Waals surface area contributed by atoms with Crippen LogP contribution in [0, 0.1) is 0 Å². The van der Waals surface area contributed by atoms with Crippen molar-refractivity contribution < 1.29 is 13.9 Å². The first-order valence-corrected chi connectivity index (χ1v) is 16.6.